The lowest BCUT2D eigenvalue weighted by atomic mass is 9.85. The van der Waals surface area contributed by atoms with Crippen molar-refractivity contribution in [3.05, 3.63) is 157 Å². The monoisotopic (exact) mass is 548 g/mol. The number of hydrogen-bond donors (Lipinski definition) is 0. The van der Waals surface area contributed by atoms with E-state index in [0.717, 1.165) is 22.6 Å². The van der Waals surface area contributed by atoms with Gasteiger partial charge in [0.15, 0.2) is 0 Å². The molecule has 0 bridgehead atoms. The Morgan fingerprint density at radius 2 is 0.977 bits per heavy atom. The quantitative estimate of drug-likeness (QED) is 0.204. The molecule has 202 valence electrons. The van der Waals surface area contributed by atoms with Crippen molar-refractivity contribution in [2.75, 3.05) is 0 Å². The lowest BCUT2D eigenvalue weighted by Gasteiger charge is -2.18. The van der Waals surface area contributed by atoms with E-state index in [1.54, 1.807) is 0 Å². The third-order valence-electron chi connectivity index (χ3n) is 8.35. The van der Waals surface area contributed by atoms with Crippen molar-refractivity contribution in [3.8, 4) is 44.9 Å². The Morgan fingerprint density at radius 3 is 1.65 bits per heavy atom. The zero-order valence-electron chi connectivity index (χ0n) is 23.8. The molecule has 0 spiro atoms. The summed E-state index contributed by atoms with van der Waals surface area (Å²) in [6.07, 6.45) is 1.84. The maximum atomic E-state index is 5.00. The first-order valence-corrected chi connectivity index (χ1v) is 14.7. The van der Waals surface area contributed by atoms with Crippen molar-refractivity contribution in [1.82, 2.24) is 9.97 Å². The summed E-state index contributed by atoms with van der Waals surface area (Å²) in [5.74, 6) is 0. The van der Waals surface area contributed by atoms with Crippen molar-refractivity contribution < 1.29 is 0 Å². The fraction of sp³-hybridized carbons (Fsp3) is 0.0244. The van der Waals surface area contributed by atoms with Crippen LogP contribution in [-0.4, -0.2) is 9.97 Å². The highest BCUT2D eigenvalue weighted by Gasteiger charge is 2.16. The molecule has 0 radical (unpaired) electrons. The van der Waals surface area contributed by atoms with Crippen molar-refractivity contribution in [2.24, 2.45) is 0 Å². The van der Waals surface area contributed by atoms with Gasteiger partial charge in [-0.15, -0.1) is 0 Å². The Labute approximate surface area is 251 Å². The van der Waals surface area contributed by atoms with E-state index in [2.05, 4.69) is 145 Å². The van der Waals surface area contributed by atoms with E-state index in [1.807, 2.05) is 18.3 Å². The Bertz CT molecular complexity index is 2240. The van der Waals surface area contributed by atoms with Gasteiger partial charge in [-0.05, 0) is 103 Å². The van der Waals surface area contributed by atoms with Gasteiger partial charge in [-0.2, -0.15) is 0 Å². The minimum absolute atomic E-state index is 0.881. The van der Waals surface area contributed by atoms with Gasteiger partial charge in [-0.25, -0.2) is 4.98 Å². The van der Waals surface area contributed by atoms with Crippen LogP contribution >= 0.6 is 0 Å². The Kier molecular flexibility index (Phi) is 6.05. The number of nitrogens with zero attached hydrogens (tertiary/aromatic N) is 2. The molecule has 0 N–H and O–H groups in total. The maximum Gasteiger partial charge on any atom is 0.0893 e. The molecule has 0 amide bonds. The number of aromatic nitrogens is 2. The molecule has 2 nitrogen and oxygen atoms in total. The Morgan fingerprint density at radius 1 is 0.395 bits per heavy atom. The molecular formula is C41H28N2. The molecule has 0 saturated carbocycles. The molecule has 0 aliphatic carbocycles. The van der Waals surface area contributed by atoms with E-state index >= 15 is 0 Å². The minimum Gasteiger partial charge on any atom is -0.255 e. The van der Waals surface area contributed by atoms with Gasteiger partial charge in [0, 0.05) is 11.8 Å². The zero-order valence-corrected chi connectivity index (χ0v) is 23.8. The van der Waals surface area contributed by atoms with Crippen molar-refractivity contribution >= 4 is 32.3 Å². The molecule has 6 aromatic carbocycles. The number of hydrogen-bond acceptors (Lipinski definition) is 2. The van der Waals surface area contributed by atoms with Crippen molar-refractivity contribution in [1.29, 1.82) is 0 Å². The van der Waals surface area contributed by atoms with Crippen LogP contribution in [0.1, 0.15) is 5.56 Å². The van der Waals surface area contributed by atoms with Crippen LogP contribution in [0.2, 0.25) is 0 Å². The number of aryl methyl sites for hydroxylation is 1. The Balaban J connectivity index is 1.31. The zero-order chi connectivity index (χ0) is 28.8. The predicted octanol–water partition coefficient (Wildman–Crippen LogP) is 10.9. The molecule has 2 heteroatoms. The van der Waals surface area contributed by atoms with E-state index in [-0.39, 0.29) is 0 Å². The van der Waals surface area contributed by atoms with Crippen LogP contribution in [0.15, 0.2) is 152 Å². The van der Waals surface area contributed by atoms with E-state index in [4.69, 9.17) is 4.98 Å². The summed E-state index contributed by atoms with van der Waals surface area (Å²) in [7, 11) is 0. The summed E-state index contributed by atoms with van der Waals surface area (Å²) in [6, 6.07) is 52.1. The van der Waals surface area contributed by atoms with Crippen LogP contribution in [0.3, 0.4) is 0 Å². The molecule has 0 aliphatic heterocycles. The van der Waals surface area contributed by atoms with Crippen LogP contribution in [0.25, 0.3) is 77.2 Å². The highest BCUT2D eigenvalue weighted by Crippen LogP contribution is 2.44. The average Bonchev–Trinajstić information content (AvgIpc) is 3.07. The number of fused-ring (bicyclic) bond motifs is 3. The molecule has 0 unspecified atom stereocenters. The fourth-order valence-electron chi connectivity index (χ4n) is 6.33. The van der Waals surface area contributed by atoms with Gasteiger partial charge < -0.3 is 0 Å². The van der Waals surface area contributed by atoms with E-state index in [9.17, 15) is 0 Å². The summed E-state index contributed by atoms with van der Waals surface area (Å²) in [6.45, 7) is 2.08. The second-order valence-corrected chi connectivity index (χ2v) is 11.1. The first-order valence-electron chi connectivity index (χ1n) is 14.7. The summed E-state index contributed by atoms with van der Waals surface area (Å²) < 4.78 is 0. The van der Waals surface area contributed by atoms with Crippen molar-refractivity contribution in [2.45, 2.75) is 6.92 Å². The van der Waals surface area contributed by atoms with Gasteiger partial charge in [0.25, 0.3) is 0 Å². The first-order chi connectivity index (χ1) is 21.2. The molecule has 8 aromatic rings. The molecule has 0 aliphatic rings. The molecular weight excluding hydrogens is 520 g/mol. The number of benzene rings is 6. The average molecular weight is 549 g/mol. The van der Waals surface area contributed by atoms with Gasteiger partial charge in [-0.1, -0.05) is 109 Å². The number of pyridine rings is 2. The normalized spacial score (nSPS) is 11.4. The summed E-state index contributed by atoms with van der Waals surface area (Å²) in [4.78, 5) is 9.55. The van der Waals surface area contributed by atoms with E-state index in [0.29, 0.717) is 0 Å². The van der Waals surface area contributed by atoms with Gasteiger partial charge in [-0.3, -0.25) is 4.98 Å². The molecule has 8 rings (SSSR count). The van der Waals surface area contributed by atoms with Crippen LogP contribution in [0, 0.1) is 6.92 Å². The largest absolute Gasteiger partial charge is 0.255 e. The van der Waals surface area contributed by atoms with E-state index < -0.39 is 0 Å². The SMILES string of the molecule is Cc1ccnc(-c2cccc(-c3ccc4ccc(-c5c6ccccc6c(-c6ccccc6)c6ccccc56)cc4c3)n2)c1. The molecule has 2 aromatic heterocycles. The summed E-state index contributed by atoms with van der Waals surface area (Å²) >= 11 is 0. The highest BCUT2D eigenvalue weighted by atomic mass is 14.8. The molecule has 0 saturated heterocycles. The third kappa shape index (κ3) is 4.45. The topological polar surface area (TPSA) is 25.8 Å². The number of rotatable bonds is 4. The standard InChI is InChI=1S/C41H28N2/c1-27-22-23-42-39(24-27)38-17-9-16-37(43-38)30-20-18-28-19-21-31(26-32(28)25-30)41-35-14-7-5-12-33(35)40(29-10-3-2-4-11-29)34-13-6-8-15-36(34)41/h2-26H,1H3. The molecule has 0 atom stereocenters. The second-order valence-electron chi connectivity index (χ2n) is 11.1. The maximum absolute atomic E-state index is 5.00. The molecule has 2 heterocycles. The summed E-state index contributed by atoms with van der Waals surface area (Å²) in [5.41, 5.74) is 9.98. The van der Waals surface area contributed by atoms with Gasteiger partial charge in [0.05, 0.1) is 17.1 Å². The smallest absolute Gasteiger partial charge is 0.0893 e. The molecule has 0 fully saturated rings. The Hall–Kier alpha value is -5.60. The lowest BCUT2D eigenvalue weighted by molar-refractivity contribution is 1.23. The predicted molar refractivity (Wildman–Crippen MR) is 181 cm³/mol. The van der Waals surface area contributed by atoms with Crippen molar-refractivity contribution in [3.63, 3.8) is 0 Å². The summed E-state index contributed by atoms with van der Waals surface area (Å²) in [5, 5.41) is 7.45. The van der Waals surface area contributed by atoms with Gasteiger partial charge in [0.1, 0.15) is 0 Å². The third-order valence-corrected chi connectivity index (χ3v) is 8.35. The second kappa shape index (κ2) is 10.3. The van der Waals surface area contributed by atoms with Gasteiger partial charge >= 0.3 is 0 Å². The highest BCUT2D eigenvalue weighted by molar-refractivity contribution is 6.21. The van der Waals surface area contributed by atoms with Crippen LogP contribution in [0.5, 0.6) is 0 Å². The lowest BCUT2D eigenvalue weighted by Crippen LogP contribution is -1.91. The van der Waals surface area contributed by atoms with Crippen LogP contribution in [0.4, 0.5) is 0 Å². The minimum atomic E-state index is 0.881. The van der Waals surface area contributed by atoms with E-state index in [1.165, 1.54) is 60.1 Å². The van der Waals surface area contributed by atoms with Crippen LogP contribution < -0.4 is 0 Å². The van der Waals surface area contributed by atoms with Gasteiger partial charge in [0.2, 0.25) is 0 Å². The van der Waals surface area contributed by atoms with Crippen LogP contribution in [-0.2, 0) is 0 Å². The first kappa shape index (κ1) is 25.1. The molecule has 43 heavy (non-hydrogen) atoms. The fourth-order valence-corrected chi connectivity index (χ4v) is 6.33.